The first-order chi connectivity index (χ1) is 7.08. The normalized spacial score (nSPS) is 15.5. The van der Waals surface area contributed by atoms with Crippen molar-refractivity contribution in [1.82, 2.24) is 0 Å². The molecule has 0 aliphatic heterocycles. The molecule has 0 amide bonds. The molecule has 1 aromatic carbocycles. The molecule has 0 saturated carbocycles. The summed E-state index contributed by atoms with van der Waals surface area (Å²) in [5.41, 5.74) is 0.742. The summed E-state index contributed by atoms with van der Waals surface area (Å²) >= 11 is 3.51. The molecule has 1 nitrogen and oxygen atoms in total. The van der Waals surface area contributed by atoms with Crippen molar-refractivity contribution in [3.8, 4) is 0 Å². The van der Waals surface area contributed by atoms with E-state index in [1.807, 2.05) is 6.07 Å². The maximum Gasteiger partial charge on any atom is 0.134 e. The predicted octanol–water partition coefficient (Wildman–Crippen LogP) is 4.46. The minimum absolute atomic E-state index is 0.227. The largest absolute Gasteiger partial charge is 0.461 e. The number of alkyl halides is 1. The Bertz CT molecular complexity index is 475. The van der Waals surface area contributed by atoms with E-state index in [0.29, 0.717) is 4.83 Å². The van der Waals surface area contributed by atoms with Gasteiger partial charge >= 0.3 is 0 Å². The van der Waals surface area contributed by atoms with E-state index in [2.05, 4.69) is 29.8 Å². The van der Waals surface area contributed by atoms with Crippen LogP contribution in [0.5, 0.6) is 0 Å². The van der Waals surface area contributed by atoms with Gasteiger partial charge in [-0.3, -0.25) is 0 Å². The van der Waals surface area contributed by atoms with Crippen molar-refractivity contribution in [3.63, 3.8) is 0 Å². The number of halogens is 2. The summed E-state index contributed by atoms with van der Waals surface area (Å²) in [6.07, 6.45) is 0. The molecule has 0 bridgehead atoms. The molecule has 0 radical (unpaired) electrons. The number of hydrogen-bond acceptors (Lipinski definition) is 1. The maximum absolute atomic E-state index is 13.0. The van der Waals surface area contributed by atoms with Crippen LogP contribution in [0.1, 0.15) is 25.5 Å². The second-order valence-electron chi connectivity index (χ2n) is 3.80. The van der Waals surface area contributed by atoms with Crippen molar-refractivity contribution in [1.29, 1.82) is 0 Å². The number of furan rings is 1. The summed E-state index contributed by atoms with van der Waals surface area (Å²) in [5.74, 6) is 0.940. The van der Waals surface area contributed by atoms with Crippen molar-refractivity contribution in [2.45, 2.75) is 24.6 Å². The van der Waals surface area contributed by atoms with Crippen LogP contribution >= 0.6 is 15.9 Å². The predicted molar refractivity (Wildman–Crippen MR) is 63.0 cm³/mol. The Hall–Kier alpha value is -0.830. The van der Waals surface area contributed by atoms with Gasteiger partial charge in [-0.1, -0.05) is 29.8 Å². The van der Waals surface area contributed by atoms with Gasteiger partial charge in [-0.15, -0.1) is 0 Å². The van der Waals surface area contributed by atoms with E-state index in [-0.39, 0.29) is 11.7 Å². The highest BCUT2D eigenvalue weighted by Gasteiger charge is 2.16. The summed E-state index contributed by atoms with van der Waals surface area (Å²) in [6.45, 7) is 4.14. The molecule has 1 heterocycles. The molecule has 0 aliphatic carbocycles. The Kier molecular flexibility index (Phi) is 2.83. The van der Waals surface area contributed by atoms with Gasteiger partial charge in [0.25, 0.3) is 0 Å². The first-order valence-corrected chi connectivity index (χ1v) is 5.82. The van der Waals surface area contributed by atoms with Crippen LogP contribution in [0.4, 0.5) is 4.39 Å². The lowest BCUT2D eigenvalue weighted by atomic mass is 10.1. The van der Waals surface area contributed by atoms with E-state index in [1.165, 1.54) is 12.1 Å². The third kappa shape index (κ3) is 2.07. The molecular weight excluding hydrogens is 259 g/mol. The zero-order valence-electron chi connectivity index (χ0n) is 8.63. The van der Waals surface area contributed by atoms with Crippen molar-refractivity contribution in [2.75, 3.05) is 0 Å². The number of fused-ring (bicyclic) bond motifs is 1. The van der Waals surface area contributed by atoms with Crippen molar-refractivity contribution in [2.24, 2.45) is 0 Å². The Balaban J connectivity index is 2.47. The molecule has 80 valence electrons. The zero-order valence-corrected chi connectivity index (χ0v) is 10.2. The molecule has 0 N–H and O–H groups in total. The minimum atomic E-state index is -0.227. The highest BCUT2D eigenvalue weighted by Crippen LogP contribution is 2.29. The molecule has 0 fully saturated rings. The third-order valence-electron chi connectivity index (χ3n) is 2.64. The van der Waals surface area contributed by atoms with Gasteiger partial charge < -0.3 is 4.42 Å². The van der Waals surface area contributed by atoms with Gasteiger partial charge in [0.1, 0.15) is 17.2 Å². The van der Waals surface area contributed by atoms with Gasteiger partial charge in [0.05, 0.1) is 0 Å². The highest BCUT2D eigenvalue weighted by atomic mass is 79.9. The van der Waals surface area contributed by atoms with Gasteiger partial charge in [0, 0.05) is 16.1 Å². The van der Waals surface area contributed by atoms with Crippen LogP contribution in [0.3, 0.4) is 0 Å². The van der Waals surface area contributed by atoms with Gasteiger partial charge in [-0.2, -0.15) is 0 Å². The van der Waals surface area contributed by atoms with Crippen LogP contribution in [-0.2, 0) is 0 Å². The molecule has 2 aromatic rings. The molecule has 3 heteroatoms. The van der Waals surface area contributed by atoms with Gasteiger partial charge in [-0.05, 0) is 24.3 Å². The van der Waals surface area contributed by atoms with Crippen LogP contribution in [0.15, 0.2) is 28.7 Å². The first kappa shape index (κ1) is 10.7. The Morgan fingerprint density at radius 3 is 2.67 bits per heavy atom. The average molecular weight is 271 g/mol. The van der Waals surface area contributed by atoms with Crippen LogP contribution in [0.2, 0.25) is 0 Å². The van der Waals surface area contributed by atoms with E-state index < -0.39 is 0 Å². The van der Waals surface area contributed by atoms with Gasteiger partial charge in [0.2, 0.25) is 0 Å². The number of rotatable bonds is 2. The minimum Gasteiger partial charge on any atom is -0.461 e. The van der Waals surface area contributed by atoms with Gasteiger partial charge in [0.15, 0.2) is 0 Å². The van der Waals surface area contributed by atoms with Crippen molar-refractivity contribution in [3.05, 3.63) is 35.8 Å². The molecule has 15 heavy (non-hydrogen) atoms. The molecule has 0 aliphatic rings. The highest BCUT2D eigenvalue weighted by molar-refractivity contribution is 9.09. The van der Waals surface area contributed by atoms with Crippen LogP contribution in [-0.4, -0.2) is 4.83 Å². The molecule has 2 rings (SSSR count). The van der Waals surface area contributed by atoms with Crippen molar-refractivity contribution >= 4 is 26.9 Å². The van der Waals surface area contributed by atoms with Crippen LogP contribution in [0.25, 0.3) is 11.0 Å². The lowest BCUT2D eigenvalue weighted by molar-refractivity contribution is 0.505. The lowest BCUT2D eigenvalue weighted by Crippen LogP contribution is -2.02. The second kappa shape index (κ2) is 3.97. The Morgan fingerprint density at radius 2 is 2.00 bits per heavy atom. The molecule has 0 spiro atoms. The molecule has 0 saturated heterocycles. The summed E-state index contributed by atoms with van der Waals surface area (Å²) in [5, 5.41) is 0.824. The molecule has 2 atom stereocenters. The van der Waals surface area contributed by atoms with E-state index in [0.717, 1.165) is 16.7 Å². The van der Waals surface area contributed by atoms with E-state index in [1.54, 1.807) is 6.07 Å². The summed E-state index contributed by atoms with van der Waals surface area (Å²) in [6, 6.07) is 6.48. The summed E-state index contributed by atoms with van der Waals surface area (Å²) in [4.78, 5) is 0.336. The van der Waals surface area contributed by atoms with Crippen LogP contribution < -0.4 is 0 Å². The second-order valence-corrected chi connectivity index (χ2v) is 5.24. The first-order valence-electron chi connectivity index (χ1n) is 4.91. The topological polar surface area (TPSA) is 13.1 Å². The SMILES string of the molecule is CC(Br)C(C)c1cc2cc(F)ccc2o1. The quantitative estimate of drug-likeness (QED) is 0.735. The van der Waals surface area contributed by atoms with E-state index >= 15 is 0 Å². The Labute approximate surface area is 96.4 Å². The van der Waals surface area contributed by atoms with Crippen LogP contribution in [0, 0.1) is 5.82 Å². The fourth-order valence-corrected chi connectivity index (χ4v) is 1.75. The molecule has 2 unspecified atom stereocenters. The maximum atomic E-state index is 13.0. The fraction of sp³-hybridized carbons (Fsp3) is 0.333. The van der Waals surface area contributed by atoms with Crippen molar-refractivity contribution < 1.29 is 8.81 Å². The van der Waals surface area contributed by atoms with E-state index in [9.17, 15) is 4.39 Å². The number of hydrogen-bond donors (Lipinski definition) is 0. The standard InChI is InChI=1S/C12H12BrFO/c1-7(8(2)13)12-6-9-5-10(14)3-4-11(9)15-12/h3-8H,1-2H3. The molecule has 1 aromatic heterocycles. The summed E-state index contributed by atoms with van der Waals surface area (Å²) in [7, 11) is 0. The monoisotopic (exact) mass is 270 g/mol. The summed E-state index contributed by atoms with van der Waals surface area (Å²) < 4.78 is 18.6. The third-order valence-corrected chi connectivity index (χ3v) is 3.43. The van der Waals surface area contributed by atoms with Gasteiger partial charge in [-0.25, -0.2) is 4.39 Å². The zero-order chi connectivity index (χ0) is 11.0. The smallest absolute Gasteiger partial charge is 0.134 e. The fourth-order valence-electron chi connectivity index (χ4n) is 1.49. The Morgan fingerprint density at radius 1 is 1.27 bits per heavy atom. The molecular formula is C12H12BrFO. The average Bonchev–Trinajstić information content (AvgIpc) is 2.58. The van der Waals surface area contributed by atoms with E-state index in [4.69, 9.17) is 4.42 Å². The number of benzene rings is 1. The lowest BCUT2D eigenvalue weighted by Gasteiger charge is -2.09.